The molecule has 2 heterocycles. The predicted octanol–water partition coefficient (Wildman–Crippen LogP) is 0.990. The molecule has 1 saturated heterocycles. The summed E-state index contributed by atoms with van der Waals surface area (Å²) in [6.45, 7) is 0.110. The van der Waals surface area contributed by atoms with Crippen molar-refractivity contribution >= 4 is 11.6 Å². The summed E-state index contributed by atoms with van der Waals surface area (Å²) >= 11 is 0. The van der Waals surface area contributed by atoms with E-state index in [1.165, 1.54) is 13.2 Å². The Balaban J connectivity index is 1.48. The third-order valence-electron chi connectivity index (χ3n) is 7.64. The molecular formula is C25H22O10. The molecule has 1 saturated carbocycles. The first-order valence-electron chi connectivity index (χ1n) is 11.1. The number of aliphatic hydroxyl groups is 2. The average molecular weight is 482 g/mol. The topological polar surface area (TPSA) is 163 Å². The van der Waals surface area contributed by atoms with E-state index in [9.17, 15) is 35.1 Å². The van der Waals surface area contributed by atoms with Gasteiger partial charge in [-0.15, -0.1) is 0 Å². The lowest BCUT2D eigenvalue weighted by atomic mass is 9.55. The van der Waals surface area contributed by atoms with Crippen LogP contribution in [0, 0.1) is 17.8 Å². The van der Waals surface area contributed by atoms with Crippen molar-refractivity contribution in [2.45, 2.75) is 23.9 Å². The zero-order chi connectivity index (χ0) is 24.8. The zero-order valence-corrected chi connectivity index (χ0v) is 18.4. The molecule has 2 aromatic rings. The molecule has 5 aliphatic rings. The Labute approximate surface area is 198 Å². The molecule has 10 heteroatoms. The highest BCUT2D eigenvalue weighted by Gasteiger charge is 2.68. The van der Waals surface area contributed by atoms with Crippen molar-refractivity contribution in [1.29, 1.82) is 0 Å². The van der Waals surface area contributed by atoms with Gasteiger partial charge in [0.25, 0.3) is 0 Å². The number of methoxy groups -OCH3 is 1. The van der Waals surface area contributed by atoms with Crippen LogP contribution in [-0.4, -0.2) is 68.8 Å². The highest BCUT2D eigenvalue weighted by molar-refractivity contribution is 6.06. The number of ether oxygens (including phenoxy) is 3. The fourth-order valence-electron chi connectivity index (χ4n) is 6.09. The van der Waals surface area contributed by atoms with Crippen LogP contribution in [0.2, 0.25) is 0 Å². The Morgan fingerprint density at radius 2 is 1.86 bits per heavy atom. The highest BCUT2D eigenvalue weighted by Crippen LogP contribution is 2.60. The molecule has 5 N–H and O–H groups in total. The van der Waals surface area contributed by atoms with Gasteiger partial charge >= 0.3 is 0 Å². The standard InChI is InChI=1S/C25H22O10/c1-33-16-4-9(2-3-14(16)27)18-12-8-34-25(32)13(12)7-11(19(18)24(25)31)23-22(30)21(29)20-15(28)5-10(26)6-17(20)35-23/h2-7,12-13,18-19,22-23,26-28,30,32H,8H2,1H3/t12?,13?,18-,19-,22-,23+,25-/m0/s1. The summed E-state index contributed by atoms with van der Waals surface area (Å²) in [5.74, 6) is -6.90. The lowest BCUT2D eigenvalue weighted by Crippen LogP contribution is -2.60. The number of hydrogen-bond donors (Lipinski definition) is 5. The van der Waals surface area contributed by atoms with E-state index in [1.54, 1.807) is 18.2 Å². The molecule has 182 valence electrons. The highest BCUT2D eigenvalue weighted by atomic mass is 16.6. The maximum atomic E-state index is 13.6. The molecule has 7 atom stereocenters. The molecule has 0 spiro atoms. The van der Waals surface area contributed by atoms with Gasteiger partial charge in [0, 0.05) is 29.9 Å². The van der Waals surface area contributed by atoms with Gasteiger partial charge in [0.1, 0.15) is 22.8 Å². The third kappa shape index (κ3) is 2.81. The largest absolute Gasteiger partial charge is 0.508 e. The van der Waals surface area contributed by atoms with Gasteiger partial charge in [0.15, 0.2) is 29.5 Å². The molecule has 4 bridgehead atoms. The maximum Gasteiger partial charge on any atom is 0.233 e. The number of hydrogen-bond acceptors (Lipinski definition) is 10. The molecular weight excluding hydrogens is 460 g/mol. The molecule has 7 rings (SSSR count). The van der Waals surface area contributed by atoms with Crippen molar-refractivity contribution in [3.8, 4) is 28.7 Å². The SMILES string of the molecule is COc1cc([C@H]2C3CO[C@]4(O)C(=O)[C@H]2C([C@H]2Oc5cc(O)cc(O)c5C(=O)[C@@H]2O)=CC34)ccc1O. The van der Waals surface area contributed by atoms with E-state index in [2.05, 4.69) is 0 Å². The fraction of sp³-hybridized carbons (Fsp3) is 0.360. The quantitative estimate of drug-likeness (QED) is 0.399. The van der Waals surface area contributed by atoms with E-state index >= 15 is 0 Å². The predicted molar refractivity (Wildman–Crippen MR) is 116 cm³/mol. The van der Waals surface area contributed by atoms with E-state index in [0.29, 0.717) is 11.1 Å². The summed E-state index contributed by atoms with van der Waals surface area (Å²) in [7, 11) is 1.40. The Morgan fingerprint density at radius 1 is 1.09 bits per heavy atom. The molecule has 10 nitrogen and oxygen atoms in total. The van der Waals surface area contributed by atoms with Gasteiger partial charge in [-0.25, -0.2) is 0 Å². The molecule has 2 aromatic carbocycles. The molecule has 0 aromatic heterocycles. The Morgan fingerprint density at radius 3 is 2.60 bits per heavy atom. The summed E-state index contributed by atoms with van der Waals surface area (Å²) in [5.41, 5.74) is 0.692. The van der Waals surface area contributed by atoms with Gasteiger partial charge in [-0.1, -0.05) is 12.1 Å². The summed E-state index contributed by atoms with van der Waals surface area (Å²) < 4.78 is 16.7. The van der Waals surface area contributed by atoms with Crippen LogP contribution >= 0.6 is 0 Å². The first-order valence-corrected chi connectivity index (χ1v) is 11.1. The van der Waals surface area contributed by atoms with Crippen molar-refractivity contribution in [1.82, 2.24) is 0 Å². The van der Waals surface area contributed by atoms with Gasteiger partial charge < -0.3 is 39.7 Å². The van der Waals surface area contributed by atoms with E-state index < -0.39 is 53.1 Å². The number of aromatic hydroxyl groups is 3. The molecule has 3 aliphatic carbocycles. The normalized spacial score (nSPS) is 34.9. The minimum atomic E-state index is -2.02. The lowest BCUT2D eigenvalue weighted by Gasteiger charge is -2.49. The number of phenols is 3. The molecule has 0 amide bonds. The van der Waals surface area contributed by atoms with Gasteiger partial charge in [-0.3, -0.25) is 9.59 Å². The van der Waals surface area contributed by atoms with Gasteiger partial charge in [0.05, 0.1) is 19.6 Å². The first-order chi connectivity index (χ1) is 16.7. The Hall–Kier alpha value is -3.60. The minimum absolute atomic E-state index is 0.0775. The number of ketones is 2. The fourth-order valence-corrected chi connectivity index (χ4v) is 6.09. The first kappa shape index (κ1) is 21.9. The van der Waals surface area contributed by atoms with Crippen LogP contribution in [0.1, 0.15) is 21.8 Å². The van der Waals surface area contributed by atoms with Crippen molar-refractivity contribution in [2.24, 2.45) is 17.8 Å². The molecule has 35 heavy (non-hydrogen) atoms. The Bertz CT molecular complexity index is 1320. The number of aliphatic hydroxyl groups excluding tert-OH is 1. The van der Waals surface area contributed by atoms with Crippen LogP contribution in [0.25, 0.3) is 0 Å². The van der Waals surface area contributed by atoms with Crippen molar-refractivity contribution in [2.75, 3.05) is 13.7 Å². The second-order valence-corrected chi connectivity index (χ2v) is 9.35. The Kier molecular flexibility index (Phi) is 4.51. The van der Waals surface area contributed by atoms with Crippen LogP contribution in [0.4, 0.5) is 0 Å². The average Bonchev–Trinajstić information content (AvgIpc) is 3.12. The third-order valence-corrected chi connectivity index (χ3v) is 7.64. The van der Waals surface area contributed by atoms with Crippen molar-refractivity contribution in [3.63, 3.8) is 0 Å². The number of Topliss-reactive ketones (excluding diaryl/α,β-unsaturated/α-hetero) is 2. The van der Waals surface area contributed by atoms with Gasteiger partial charge in [0.2, 0.25) is 11.6 Å². The number of carbonyl (C=O) groups excluding carboxylic acids is 2. The van der Waals surface area contributed by atoms with Gasteiger partial charge in [-0.05, 0) is 23.3 Å². The van der Waals surface area contributed by atoms with Crippen LogP contribution in [0.3, 0.4) is 0 Å². The number of fused-ring (bicyclic) bond motifs is 1. The number of phenolic OH excluding ortho intramolecular Hbond substituents is 3. The van der Waals surface area contributed by atoms with E-state index in [1.807, 2.05) is 0 Å². The van der Waals surface area contributed by atoms with Crippen LogP contribution in [-0.2, 0) is 9.53 Å². The smallest absolute Gasteiger partial charge is 0.233 e. The number of benzene rings is 2. The number of carbonyl (C=O) groups is 2. The minimum Gasteiger partial charge on any atom is -0.508 e. The zero-order valence-electron chi connectivity index (χ0n) is 18.4. The lowest BCUT2D eigenvalue weighted by molar-refractivity contribution is -0.204. The summed E-state index contributed by atoms with van der Waals surface area (Å²) in [6, 6.07) is 6.83. The van der Waals surface area contributed by atoms with Crippen LogP contribution in [0.15, 0.2) is 42.0 Å². The molecule has 0 radical (unpaired) electrons. The second-order valence-electron chi connectivity index (χ2n) is 9.35. The van der Waals surface area contributed by atoms with E-state index in [-0.39, 0.29) is 41.1 Å². The van der Waals surface area contributed by atoms with Gasteiger partial charge in [-0.2, -0.15) is 0 Å². The summed E-state index contributed by atoms with van der Waals surface area (Å²) in [5, 5.41) is 52.0. The van der Waals surface area contributed by atoms with Crippen molar-refractivity contribution in [3.05, 3.63) is 53.1 Å². The molecule has 2 fully saturated rings. The van der Waals surface area contributed by atoms with Crippen LogP contribution < -0.4 is 9.47 Å². The monoisotopic (exact) mass is 482 g/mol. The summed E-state index contributed by atoms with van der Waals surface area (Å²) in [4.78, 5) is 26.5. The van der Waals surface area contributed by atoms with Crippen LogP contribution in [0.5, 0.6) is 28.7 Å². The number of rotatable bonds is 3. The van der Waals surface area contributed by atoms with E-state index in [0.717, 1.165) is 12.1 Å². The maximum absolute atomic E-state index is 13.6. The van der Waals surface area contributed by atoms with E-state index in [4.69, 9.17) is 14.2 Å². The second kappa shape index (κ2) is 7.20. The van der Waals surface area contributed by atoms with Crippen molar-refractivity contribution < 1.29 is 49.3 Å². The molecule has 2 unspecified atom stereocenters. The summed E-state index contributed by atoms with van der Waals surface area (Å²) in [6.07, 6.45) is -1.40. The molecule has 2 aliphatic heterocycles.